The summed E-state index contributed by atoms with van der Waals surface area (Å²) < 4.78 is 5.18. The van der Waals surface area contributed by atoms with Gasteiger partial charge >= 0.3 is 0 Å². The van der Waals surface area contributed by atoms with Gasteiger partial charge in [0.15, 0.2) is 0 Å². The van der Waals surface area contributed by atoms with Crippen molar-refractivity contribution in [3.8, 4) is 17.0 Å². The molecule has 122 valence electrons. The molecule has 1 N–H and O–H groups in total. The second-order valence-electron chi connectivity index (χ2n) is 5.89. The summed E-state index contributed by atoms with van der Waals surface area (Å²) >= 11 is 1.81. The Balaban J connectivity index is 1.51. The number of rotatable bonds is 6. The largest absolute Gasteiger partial charge is 0.497 e. The molecule has 0 atom stereocenters. The maximum Gasteiger partial charge on any atom is 0.119 e. The average molecular weight is 330 g/mol. The maximum atomic E-state index is 5.18. The molecule has 0 radical (unpaired) electrons. The van der Waals surface area contributed by atoms with Gasteiger partial charge in [0, 0.05) is 11.3 Å². The van der Waals surface area contributed by atoms with Crippen LogP contribution in [0.25, 0.3) is 11.3 Å². The lowest BCUT2D eigenvalue weighted by Crippen LogP contribution is -3.13. The van der Waals surface area contributed by atoms with E-state index in [9.17, 15) is 0 Å². The Morgan fingerprint density at radius 1 is 1.00 bits per heavy atom. The first-order valence-corrected chi connectivity index (χ1v) is 9.28. The summed E-state index contributed by atoms with van der Waals surface area (Å²) in [7, 11) is 1.67. The van der Waals surface area contributed by atoms with Crippen molar-refractivity contribution in [3.05, 3.63) is 36.4 Å². The molecular formula is C18H24N3OS+. The van der Waals surface area contributed by atoms with Crippen LogP contribution in [-0.2, 0) is 0 Å². The van der Waals surface area contributed by atoms with Crippen LogP contribution in [0.15, 0.2) is 41.4 Å². The van der Waals surface area contributed by atoms with E-state index in [-0.39, 0.29) is 0 Å². The highest BCUT2D eigenvalue weighted by Gasteiger charge is 2.13. The fourth-order valence-corrected chi connectivity index (χ4v) is 3.78. The van der Waals surface area contributed by atoms with Gasteiger partial charge in [0.2, 0.25) is 0 Å². The van der Waals surface area contributed by atoms with Crippen molar-refractivity contribution in [2.75, 3.05) is 32.5 Å². The van der Waals surface area contributed by atoms with E-state index in [1.807, 2.05) is 42.1 Å². The van der Waals surface area contributed by atoms with E-state index in [4.69, 9.17) is 4.74 Å². The number of thioether (sulfide) groups is 1. The summed E-state index contributed by atoms with van der Waals surface area (Å²) in [5, 5.41) is 9.72. The molecule has 0 unspecified atom stereocenters. The van der Waals surface area contributed by atoms with E-state index >= 15 is 0 Å². The van der Waals surface area contributed by atoms with Gasteiger partial charge in [0.25, 0.3) is 0 Å². The molecule has 2 aromatic rings. The highest BCUT2D eigenvalue weighted by atomic mass is 32.2. The van der Waals surface area contributed by atoms with Crippen LogP contribution in [0.2, 0.25) is 0 Å². The minimum Gasteiger partial charge on any atom is -0.497 e. The first-order chi connectivity index (χ1) is 11.3. The maximum absolute atomic E-state index is 5.18. The Hall–Kier alpha value is -1.59. The number of nitrogens with one attached hydrogen (secondary N) is 1. The van der Waals surface area contributed by atoms with E-state index < -0.39 is 0 Å². The summed E-state index contributed by atoms with van der Waals surface area (Å²) in [6, 6.07) is 12.0. The standard InChI is InChI=1S/C18H23N3OS/c1-22-16-7-5-15(6-8-16)17-9-10-18(20-19-17)23-14-13-21-11-3-2-4-12-21/h5-10H,2-4,11-14H2,1H3/p+1. The van der Waals surface area contributed by atoms with Crippen LogP contribution in [0.4, 0.5) is 0 Å². The number of methoxy groups -OCH3 is 1. The summed E-state index contributed by atoms with van der Waals surface area (Å²) in [5.74, 6) is 1.97. The molecule has 1 fully saturated rings. The molecule has 1 aliphatic heterocycles. The van der Waals surface area contributed by atoms with Gasteiger partial charge in [-0.3, -0.25) is 0 Å². The SMILES string of the molecule is COc1ccc(-c2ccc(SCC[NH+]3CCCCC3)nn2)cc1. The summed E-state index contributed by atoms with van der Waals surface area (Å²) in [6.45, 7) is 3.90. The van der Waals surface area contributed by atoms with E-state index in [1.54, 1.807) is 12.0 Å². The smallest absolute Gasteiger partial charge is 0.119 e. The summed E-state index contributed by atoms with van der Waals surface area (Å²) in [5.41, 5.74) is 1.96. The lowest BCUT2D eigenvalue weighted by molar-refractivity contribution is -0.902. The zero-order valence-electron chi connectivity index (χ0n) is 13.6. The Morgan fingerprint density at radius 2 is 1.78 bits per heavy atom. The van der Waals surface area contributed by atoms with Gasteiger partial charge in [-0.05, 0) is 55.7 Å². The van der Waals surface area contributed by atoms with Gasteiger partial charge in [0.1, 0.15) is 10.8 Å². The molecule has 23 heavy (non-hydrogen) atoms. The van der Waals surface area contributed by atoms with Crippen LogP contribution in [0, 0.1) is 0 Å². The second-order valence-corrected chi connectivity index (χ2v) is 7.01. The van der Waals surface area contributed by atoms with Crippen molar-refractivity contribution >= 4 is 11.8 Å². The number of benzene rings is 1. The van der Waals surface area contributed by atoms with Crippen molar-refractivity contribution in [2.45, 2.75) is 24.3 Å². The minimum absolute atomic E-state index is 0.856. The molecule has 3 rings (SSSR count). The van der Waals surface area contributed by atoms with Crippen LogP contribution in [0.3, 0.4) is 0 Å². The summed E-state index contributed by atoms with van der Waals surface area (Å²) in [6.07, 6.45) is 4.18. The van der Waals surface area contributed by atoms with Gasteiger partial charge in [-0.15, -0.1) is 10.2 Å². The molecular weight excluding hydrogens is 306 g/mol. The van der Waals surface area contributed by atoms with E-state index in [2.05, 4.69) is 16.3 Å². The lowest BCUT2D eigenvalue weighted by Gasteiger charge is -2.23. The average Bonchev–Trinajstić information content (AvgIpc) is 2.63. The predicted molar refractivity (Wildman–Crippen MR) is 94.2 cm³/mol. The quantitative estimate of drug-likeness (QED) is 0.825. The van der Waals surface area contributed by atoms with Crippen LogP contribution >= 0.6 is 11.8 Å². The fraction of sp³-hybridized carbons (Fsp3) is 0.444. The lowest BCUT2D eigenvalue weighted by atomic mass is 10.1. The van der Waals surface area contributed by atoms with Gasteiger partial charge < -0.3 is 9.64 Å². The normalized spacial score (nSPS) is 15.5. The van der Waals surface area contributed by atoms with Gasteiger partial charge in [-0.25, -0.2) is 0 Å². The zero-order valence-corrected chi connectivity index (χ0v) is 14.4. The van der Waals surface area contributed by atoms with E-state index in [1.165, 1.54) is 38.9 Å². The zero-order chi connectivity index (χ0) is 15.9. The molecule has 0 saturated carbocycles. The van der Waals surface area contributed by atoms with Crippen molar-refractivity contribution < 1.29 is 9.64 Å². The van der Waals surface area contributed by atoms with Gasteiger partial charge in [-0.1, -0.05) is 11.8 Å². The number of quaternary nitrogens is 1. The number of hydrogen-bond acceptors (Lipinski definition) is 4. The molecule has 4 nitrogen and oxygen atoms in total. The van der Waals surface area contributed by atoms with Crippen LogP contribution in [-0.4, -0.2) is 42.7 Å². The molecule has 1 aromatic carbocycles. The van der Waals surface area contributed by atoms with Crippen LogP contribution in [0.1, 0.15) is 19.3 Å². The molecule has 0 bridgehead atoms. The molecule has 0 amide bonds. The molecule has 2 heterocycles. The van der Waals surface area contributed by atoms with Crippen LogP contribution < -0.4 is 9.64 Å². The molecule has 1 aliphatic rings. The third-order valence-electron chi connectivity index (χ3n) is 4.29. The van der Waals surface area contributed by atoms with Crippen LogP contribution in [0.5, 0.6) is 5.75 Å². The Kier molecular flexibility index (Phi) is 5.88. The fourth-order valence-electron chi connectivity index (χ4n) is 2.91. The second kappa shape index (κ2) is 8.31. The first-order valence-electron chi connectivity index (χ1n) is 8.30. The topological polar surface area (TPSA) is 39.5 Å². The monoisotopic (exact) mass is 330 g/mol. The Morgan fingerprint density at radius 3 is 2.43 bits per heavy atom. The van der Waals surface area contributed by atoms with Crippen molar-refractivity contribution in [1.82, 2.24) is 10.2 Å². The number of ether oxygens (including phenoxy) is 1. The first kappa shape index (κ1) is 16.3. The molecule has 1 saturated heterocycles. The highest BCUT2D eigenvalue weighted by Crippen LogP contribution is 2.21. The van der Waals surface area contributed by atoms with Crippen molar-refractivity contribution in [2.24, 2.45) is 0 Å². The predicted octanol–water partition coefficient (Wildman–Crippen LogP) is 2.31. The third kappa shape index (κ3) is 4.69. The van der Waals surface area contributed by atoms with Crippen molar-refractivity contribution in [1.29, 1.82) is 0 Å². The van der Waals surface area contributed by atoms with E-state index in [0.29, 0.717) is 0 Å². The number of aromatic nitrogens is 2. The number of piperidine rings is 1. The Bertz CT molecular complexity index is 595. The molecule has 1 aromatic heterocycles. The highest BCUT2D eigenvalue weighted by molar-refractivity contribution is 7.99. The summed E-state index contributed by atoms with van der Waals surface area (Å²) in [4.78, 5) is 1.74. The third-order valence-corrected chi connectivity index (χ3v) is 5.21. The van der Waals surface area contributed by atoms with Crippen molar-refractivity contribution in [3.63, 3.8) is 0 Å². The van der Waals surface area contributed by atoms with E-state index in [0.717, 1.165) is 27.8 Å². The number of likely N-dealkylation sites (tertiary alicyclic amines) is 1. The number of nitrogens with zero attached hydrogens (tertiary/aromatic N) is 2. The molecule has 0 aliphatic carbocycles. The molecule has 0 spiro atoms. The van der Waals surface area contributed by atoms with Gasteiger partial charge in [-0.2, -0.15) is 0 Å². The number of hydrogen-bond donors (Lipinski definition) is 1. The Labute approximate surface area is 142 Å². The minimum atomic E-state index is 0.856. The molecule has 5 heteroatoms. The van der Waals surface area contributed by atoms with Gasteiger partial charge in [0.05, 0.1) is 32.4 Å².